The topological polar surface area (TPSA) is 73.1 Å². The highest BCUT2D eigenvalue weighted by atomic mass is 35.5. The fourth-order valence-corrected chi connectivity index (χ4v) is 2.17. The molecule has 0 radical (unpaired) electrons. The van der Waals surface area contributed by atoms with E-state index in [-0.39, 0.29) is 17.0 Å². The summed E-state index contributed by atoms with van der Waals surface area (Å²) in [5.41, 5.74) is 0.216. The van der Waals surface area contributed by atoms with Gasteiger partial charge in [-0.1, -0.05) is 23.4 Å². The van der Waals surface area contributed by atoms with Crippen molar-refractivity contribution in [2.45, 2.75) is 12.1 Å². The van der Waals surface area contributed by atoms with Crippen molar-refractivity contribution in [3.8, 4) is 11.4 Å². The third kappa shape index (κ3) is 3.45. The molecule has 22 heavy (non-hydrogen) atoms. The second-order valence-corrected chi connectivity index (χ2v) is 4.83. The Labute approximate surface area is 131 Å². The van der Waals surface area contributed by atoms with Gasteiger partial charge in [-0.05, 0) is 34.8 Å². The molecule has 0 aliphatic heterocycles. The molecule has 0 atom stereocenters. The summed E-state index contributed by atoms with van der Waals surface area (Å²) in [4.78, 5) is 25.7. The number of hydrogen-bond acceptors (Lipinski definition) is 5. The summed E-state index contributed by atoms with van der Waals surface area (Å²) in [7, 11) is 0. The van der Waals surface area contributed by atoms with E-state index < -0.39 is 28.5 Å². The number of aromatic nitrogens is 2. The van der Waals surface area contributed by atoms with Gasteiger partial charge in [-0.2, -0.15) is 18.2 Å². The van der Waals surface area contributed by atoms with Crippen molar-refractivity contribution in [2.24, 2.45) is 0 Å². The maximum Gasteiger partial charge on any atom is 0.471 e. The first kappa shape index (κ1) is 16.4. The highest BCUT2D eigenvalue weighted by molar-refractivity contribution is 6.74. The van der Waals surface area contributed by atoms with Crippen LogP contribution in [0, 0.1) is 0 Å². The van der Waals surface area contributed by atoms with E-state index in [4.69, 9.17) is 23.2 Å². The van der Waals surface area contributed by atoms with Gasteiger partial charge in [0.25, 0.3) is 0 Å². The Bertz CT molecular complexity index is 716. The van der Waals surface area contributed by atoms with Crippen LogP contribution >= 0.6 is 23.2 Å². The zero-order valence-corrected chi connectivity index (χ0v) is 11.9. The van der Waals surface area contributed by atoms with Gasteiger partial charge in [-0.15, -0.1) is 0 Å². The van der Waals surface area contributed by atoms with Crippen LogP contribution in [0.1, 0.15) is 17.4 Å². The van der Waals surface area contributed by atoms with Gasteiger partial charge in [-0.3, -0.25) is 9.59 Å². The number of rotatable bonds is 4. The Balaban J connectivity index is 2.42. The molecule has 0 unspecified atom stereocenters. The highest BCUT2D eigenvalue weighted by Gasteiger charge is 2.38. The molecule has 1 heterocycles. The molecular formula is C12H5Cl2F3N2O3. The van der Waals surface area contributed by atoms with Gasteiger partial charge in [-0.25, -0.2) is 0 Å². The van der Waals surface area contributed by atoms with Crippen LogP contribution in [0.25, 0.3) is 11.4 Å². The number of hydrogen-bond donors (Lipinski definition) is 0. The third-order valence-electron chi connectivity index (χ3n) is 2.60. The molecule has 0 saturated carbocycles. The summed E-state index contributed by atoms with van der Waals surface area (Å²) < 4.78 is 41.4. The molecule has 0 saturated heterocycles. The first-order valence-electron chi connectivity index (χ1n) is 5.60. The first-order chi connectivity index (χ1) is 10.2. The van der Waals surface area contributed by atoms with Crippen LogP contribution < -0.4 is 0 Å². The molecular weight excluding hydrogens is 348 g/mol. The average molecular weight is 353 g/mol. The summed E-state index contributed by atoms with van der Waals surface area (Å²) in [5, 5.41) is 1.18. The highest BCUT2D eigenvalue weighted by Crippen LogP contribution is 2.30. The lowest BCUT2D eigenvalue weighted by atomic mass is 9.99. The maximum atomic E-state index is 12.4. The van der Waals surface area contributed by atoms with Crippen LogP contribution in [-0.2, 0) is 15.8 Å². The molecule has 0 aliphatic carbocycles. The van der Waals surface area contributed by atoms with Crippen LogP contribution in [0.2, 0.25) is 0 Å². The van der Waals surface area contributed by atoms with Gasteiger partial charge in [0.2, 0.25) is 16.3 Å². The number of halogens is 5. The summed E-state index contributed by atoms with van der Waals surface area (Å²) in [6.45, 7) is 0. The second-order valence-electron chi connectivity index (χ2n) is 4.09. The Hall–Kier alpha value is -1.93. The van der Waals surface area contributed by atoms with Crippen LogP contribution in [-0.4, -0.2) is 20.6 Å². The first-order valence-corrected chi connectivity index (χ1v) is 6.35. The maximum absolute atomic E-state index is 12.4. The van der Waals surface area contributed by atoms with Gasteiger partial charge in [0, 0.05) is 5.56 Å². The molecule has 2 rings (SSSR count). The van der Waals surface area contributed by atoms with Crippen molar-refractivity contribution in [1.82, 2.24) is 10.1 Å². The van der Waals surface area contributed by atoms with Crippen LogP contribution in [0.15, 0.2) is 28.8 Å². The van der Waals surface area contributed by atoms with E-state index in [0.29, 0.717) is 0 Å². The van der Waals surface area contributed by atoms with E-state index in [0.717, 1.165) is 0 Å². The quantitative estimate of drug-likeness (QED) is 0.623. The summed E-state index contributed by atoms with van der Waals surface area (Å²) >= 11 is 10.6. The minimum absolute atomic E-state index is 0.107. The fourth-order valence-electron chi connectivity index (χ4n) is 1.66. The molecule has 116 valence electrons. The SMILES string of the molecule is O=C(Cl)C(C(=O)Cl)c1cccc(-c2noc(C(F)(F)F)n2)c1. The monoisotopic (exact) mass is 352 g/mol. The second kappa shape index (κ2) is 6.05. The van der Waals surface area contributed by atoms with E-state index in [2.05, 4.69) is 14.7 Å². The van der Waals surface area contributed by atoms with Crippen molar-refractivity contribution in [3.05, 3.63) is 35.7 Å². The molecule has 0 fully saturated rings. The Morgan fingerprint density at radius 1 is 1.18 bits per heavy atom. The Morgan fingerprint density at radius 3 is 2.32 bits per heavy atom. The lowest BCUT2D eigenvalue weighted by Crippen LogP contribution is -2.13. The van der Waals surface area contributed by atoms with Crippen molar-refractivity contribution in [3.63, 3.8) is 0 Å². The standard InChI is InChI=1S/C12H5Cl2F3N2O3/c13-8(20)7(9(14)21)5-2-1-3-6(4-5)10-18-11(22-19-10)12(15,16)17/h1-4,7H. The van der Waals surface area contributed by atoms with Gasteiger partial charge < -0.3 is 4.52 Å². The van der Waals surface area contributed by atoms with Crippen LogP contribution in [0.4, 0.5) is 13.2 Å². The number of alkyl halides is 3. The molecule has 5 nitrogen and oxygen atoms in total. The van der Waals surface area contributed by atoms with Crippen molar-refractivity contribution in [2.75, 3.05) is 0 Å². The van der Waals surface area contributed by atoms with E-state index in [9.17, 15) is 22.8 Å². The van der Waals surface area contributed by atoms with E-state index in [1.54, 1.807) is 0 Å². The van der Waals surface area contributed by atoms with Crippen LogP contribution in [0.5, 0.6) is 0 Å². The molecule has 0 aliphatic rings. The van der Waals surface area contributed by atoms with Crippen molar-refractivity contribution < 1.29 is 27.3 Å². The number of carbonyl (C=O) groups is 2. The number of nitrogens with zero attached hydrogens (tertiary/aromatic N) is 2. The van der Waals surface area contributed by atoms with Crippen LogP contribution in [0.3, 0.4) is 0 Å². The zero-order valence-electron chi connectivity index (χ0n) is 10.4. The lowest BCUT2D eigenvalue weighted by molar-refractivity contribution is -0.159. The summed E-state index contributed by atoms with van der Waals surface area (Å²) in [5.74, 6) is -3.29. The average Bonchev–Trinajstić information content (AvgIpc) is 2.87. The third-order valence-corrected chi connectivity index (χ3v) is 3.04. The van der Waals surface area contributed by atoms with Gasteiger partial charge in [0.1, 0.15) is 5.92 Å². The predicted octanol–water partition coefficient (Wildman–Crippen LogP) is 3.37. The fraction of sp³-hybridized carbons (Fsp3) is 0.167. The summed E-state index contributed by atoms with van der Waals surface area (Å²) in [6.07, 6.45) is -4.77. The largest absolute Gasteiger partial charge is 0.471 e. The minimum atomic E-state index is -4.77. The van der Waals surface area contributed by atoms with Gasteiger partial charge >= 0.3 is 12.1 Å². The molecule has 0 bridgehead atoms. The smallest absolute Gasteiger partial charge is 0.329 e. The predicted molar refractivity (Wildman–Crippen MR) is 69.2 cm³/mol. The number of carbonyl (C=O) groups excluding carboxylic acids is 2. The van der Waals surface area contributed by atoms with Gasteiger partial charge in [0.05, 0.1) is 0 Å². The van der Waals surface area contributed by atoms with Crippen molar-refractivity contribution in [1.29, 1.82) is 0 Å². The molecule has 1 aromatic carbocycles. The summed E-state index contributed by atoms with van der Waals surface area (Å²) in [6, 6.07) is 5.37. The molecule has 0 spiro atoms. The normalized spacial score (nSPS) is 11.7. The molecule has 0 N–H and O–H groups in total. The Morgan fingerprint density at radius 2 is 1.82 bits per heavy atom. The van der Waals surface area contributed by atoms with Gasteiger partial charge in [0.15, 0.2) is 0 Å². The molecule has 1 aromatic heterocycles. The molecule has 0 amide bonds. The lowest BCUT2D eigenvalue weighted by Gasteiger charge is -2.08. The molecule has 10 heteroatoms. The molecule has 2 aromatic rings. The Kier molecular flexibility index (Phi) is 4.52. The number of benzene rings is 1. The van der Waals surface area contributed by atoms with Crippen molar-refractivity contribution >= 4 is 33.7 Å². The van der Waals surface area contributed by atoms with E-state index in [1.807, 2.05) is 0 Å². The zero-order chi connectivity index (χ0) is 16.5. The van der Waals surface area contributed by atoms with E-state index >= 15 is 0 Å². The minimum Gasteiger partial charge on any atom is -0.329 e. The van der Waals surface area contributed by atoms with E-state index in [1.165, 1.54) is 24.3 Å².